The van der Waals surface area contributed by atoms with E-state index in [0.29, 0.717) is 0 Å². The minimum Gasteiger partial charge on any atom is -0.358 e. The van der Waals surface area contributed by atoms with Crippen LogP contribution in [0.5, 0.6) is 0 Å². The second-order valence-corrected chi connectivity index (χ2v) is 7.24. The molecule has 22 heavy (non-hydrogen) atoms. The van der Waals surface area contributed by atoms with E-state index in [0.717, 1.165) is 11.8 Å². The highest BCUT2D eigenvalue weighted by atomic mass is 14.7. The van der Waals surface area contributed by atoms with Crippen LogP contribution in [0.3, 0.4) is 0 Å². The zero-order valence-corrected chi connectivity index (χ0v) is 14.3. The second-order valence-electron chi connectivity index (χ2n) is 7.24. The molecule has 2 atom stereocenters. The first-order valence-corrected chi connectivity index (χ1v) is 9.40. The Bertz CT molecular complexity index is 595. The molecule has 0 bridgehead atoms. The van der Waals surface area contributed by atoms with Crippen molar-refractivity contribution < 1.29 is 0 Å². The summed E-state index contributed by atoms with van der Waals surface area (Å²) >= 11 is 0. The summed E-state index contributed by atoms with van der Waals surface area (Å²) in [4.78, 5) is 3.76. The van der Waals surface area contributed by atoms with E-state index in [1.807, 2.05) is 0 Å². The highest BCUT2D eigenvalue weighted by molar-refractivity contribution is 5.85. The fourth-order valence-electron chi connectivity index (χ4n) is 4.24. The van der Waals surface area contributed by atoms with Gasteiger partial charge in [0.2, 0.25) is 0 Å². The zero-order chi connectivity index (χ0) is 15.4. The van der Waals surface area contributed by atoms with E-state index in [4.69, 9.17) is 0 Å². The molecule has 120 valence electrons. The van der Waals surface area contributed by atoms with Gasteiger partial charge in [0, 0.05) is 22.5 Å². The molecule has 1 aromatic heterocycles. The topological polar surface area (TPSA) is 15.8 Å². The molecule has 1 N–H and O–H groups in total. The Kier molecular flexibility index (Phi) is 5.23. The van der Waals surface area contributed by atoms with Gasteiger partial charge in [-0.25, -0.2) is 0 Å². The van der Waals surface area contributed by atoms with Crippen molar-refractivity contribution in [3.8, 4) is 0 Å². The Morgan fingerprint density at radius 3 is 2.68 bits per heavy atom. The number of hydrogen-bond donors (Lipinski definition) is 1. The summed E-state index contributed by atoms with van der Waals surface area (Å²) < 4.78 is 0. The second kappa shape index (κ2) is 7.35. The van der Waals surface area contributed by atoms with Gasteiger partial charge in [-0.05, 0) is 36.8 Å². The number of unbranched alkanes of at least 4 members (excludes halogenated alkanes) is 5. The molecule has 1 heteroatoms. The molecule has 2 aromatic rings. The van der Waals surface area contributed by atoms with Crippen LogP contribution in [-0.4, -0.2) is 4.98 Å². The van der Waals surface area contributed by atoms with Crippen LogP contribution in [0.15, 0.2) is 24.3 Å². The number of aromatic amines is 1. The summed E-state index contributed by atoms with van der Waals surface area (Å²) in [6.07, 6.45) is 12.4. The Morgan fingerprint density at radius 1 is 1.05 bits per heavy atom. The maximum Gasteiger partial charge on any atom is 0.0459 e. The number of para-hydroxylation sites is 1. The van der Waals surface area contributed by atoms with Gasteiger partial charge in [0.05, 0.1) is 0 Å². The molecule has 1 nitrogen and oxygen atoms in total. The highest BCUT2D eigenvalue weighted by Crippen LogP contribution is 2.41. The molecule has 0 spiro atoms. The molecule has 0 radical (unpaired) electrons. The van der Waals surface area contributed by atoms with Crippen LogP contribution in [0.25, 0.3) is 10.9 Å². The number of fused-ring (bicyclic) bond motifs is 3. The highest BCUT2D eigenvalue weighted by Gasteiger charge is 2.28. The van der Waals surface area contributed by atoms with E-state index in [-0.39, 0.29) is 0 Å². The summed E-state index contributed by atoms with van der Waals surface area (Å²) in [5, 5.41) is 1.47. The standard InChI is InChI=1S/C21H31N/c1-3-4-5-6-7-8-11-17-16(2)14-15-19-18-12-9-10-13-20(18)22-21(17)19/h9-10,12-13,16-17,22H,3-8,11,14-15H2,1-2H3. The molecule has 3 rings (SSSR count). The first-order valence-electron chi connectivity index (χ1n) is 9.40. The lowest BCUT2D eigenvalue weighted by Gasteiger charge is -2.29. The lowest BCUT2D eigenvalue weighted by molar-refractivity contribution is 0.367. The maximum atomic E-state index is 3.76. The van der Waals surface area contributed by atoms with Gasteiger partial charge < -0.3 is 4.98 Å². The molecule has 0 saturated heterocycles. The minimum atomic E-state index is 0.752. The Hall–Kier alpha value is -1.24. The lowest BCUT2D eigenvalue weighted by atomic mass is 9.76. The molecule has 0 fully saturated rings. The fourth-order valence-corrected chi connectivity index (χ4v) is 4.24. The fraction of sp³-hybridized carbons (Fsp3) is 0.619. The third-order valence-corrected chi connectivity index (χ3v) is 5.62. The van der Waals surface area contributed by atoms with Crippen LogP contribution in [0, 0.1) is 5.92 Å². The van der Waals surface area contributed by atoms with Crippen molar-refractivity contribution >= 4 is 10.9 Å². The van der Waals surface area contributed by atoms with E-state index in [2.05, 4.69) is 43.1 Å². The Balaban J connectivity index is 1.67. The third-order valence-electron chi connectivity index (χ3n) is 5.62. The van der Waals surface area contributed by atoms with Gasteiger partial charge in [-0.3, -0.25) is 0 Å². The summed E-state index contributed by atoms with van der Waals surface area (Å²) in [5.41, 5.74) is 4.52. The van der Waals surface area contributed by atoms with Crippen molar-refractivity contribution in [3.63, 3.8) is 0 Å². The van der Waals surface area contributed by atoms with E-state index >= 15 is 0 Å². The molecule has 1 aliphatic carbocycles. The van der Waals surface area contributed by atoms with Crippen LogP contribution in [0.4, 0.5) is 0 Å². The SMILES string of the molecule is CCCCCCCCC1c2[nH]c3ccccc3c2CCC1C. The van der Waals surface area contributed by atoms with Gasteiger partial charge in [0.1, 0.15) is 0 Å². The van der Waals surface area contributed by atoms with E-state index in [1.54, 1.807) is 11.3 Å². The molecule has 1 aromatic carbocycles. The van der Waals surface area contributed by atoms with Crippen LogP contribution < -0.4 is 0 Å². The number of aryl methyl sites for hydroxylation is 1. The van der Waals surface area contributed by atoms with Gasteiger partial charge >= 0.3 is 0 Å². The number of nitrogens with one attached hydrogen (secondary N) is 1. The smallest absolute Gasteiger partial charge is 0.0459 e. The quantitative estimate of drug-likeness (QED) is 0.555. The average molecular weight is 297 g/mol. The first kappa shape index (κ1) is 15.6. The van der Waals surface area contributed by atoms with E-state index in [9.17, 15) is 0 Å². The number of benzene rings is 1. The van der Waals surface area contributed by atoms with Crippen molar-refractivity contribution in [2.24, 2.45) is 5.92 Å². The van der Waals surface area contributed by atoms with Gasteiger partial charge in [-0.15, -0.1) is 0 Å². The zero-order valence-electron chi connectivity index (χ0n) is 14.3. The third kappa shape index (κ3) is 3.24. The molecule has 0 aliphatic heterocycles. The summed E-state index contributed by atoms with van der Waals surface area (Å²) in [7, 11) is 0. The number of aromatic nitrogens is 1. The van der Waals surface area contributed by atoms with E-state index in [1.165, 1.54) is 68.7 Å². The summed E-state index contributed by atoms with van der Waals surface area (Å²) in [6.45, 7) is 4.75. The molecule has 0 saturated carbocycles. The molecule has 1 aliphatic rings. The van der Waals surface area contributed by atoms with Crippen LogP contribution in [0.1, 0.15) is 82.4 Å². The molecule has 0 amide bonds. The van der Waals surface area contributed by atoms with Gasteiger partial charge in [-0.1, -0.05) is 70.6 Å². The van der Waals surface area contributed by atoms with Gasteiger partial charge in [0.25, 0.3) is 0 Å². The monoisotopic (exact) mass is 297 g/mol. The normalized spacial score (nSPS) is 21.2. The van der Waals surface area contributed by atoms with E-state index < -0.39 is 0 Å². The maximum absolute atomic E-state index is 3.76. The van der Waals surface area contributed by atoms with Gasteiger partial charge in [-0.2, -0.15) is 0 Å². The first-order chi connectivity index (χ1) is 10.8. The predicted octanol–water partition coefficient (Wildman–Crippen LogP) is 6.58. The van der Waals surface area contributed by atoms with Crippen LogP contribution in [0.2, 0.25) is 0 Å². The number of H-pyrrole nitrogens is 1. The average Bonchev–Trinajstić information content (AvgIpc) is 2.91. The lowest BCUT2D eigenvalue weighted by Crippen LogP contribution is -2.18. The Labute approximate surface area is 135 Å². The van der Waals surface area contributed by atoms with Crippen LogP contribution >= 0.6 is 0 Å². The van der Waals surface area contributed by atoms with Crippen molar-refractivity contribution in [2.45, 2.75) is 77.6 Å². The van der Waals surface area contributed by atoms with Gasteiger partial charge in [0.15, 0.2) is 0 Å². The largest absolute Gasteiger partial charge is 0.358 e. The molecular formula is C21H31N. The summed E-state index contributed by atoms with van der Waals surface area (Å²) in [6, 6.07) is 8.86. The van der Waals surface area contributed by atoms with Crippen LogP contribution in [-0.2, 0) is 6.42 Å². The predicted molar refractivity (Wildman–Crippen MR) is 96.5 cm³/mol. The van der Waals surface area contributed by atoms with Crippen molar-refractivity contribution in [1.82, 2.24) is 4.98 Å². The minimum absolute atomic E-state index is 0.752. The van der Waals surface area contributed by atoms with Crippen molar-refractivity contribution in [2.75, 3.05) is 0 Å². The molecule has 2 unspecified atom stereocenters. The van der Waals surface area contributed by atoms with Crippen molar-refractivity contribution in [3.05, 3.63) is 35.5 Å². The molecular weight excluding hydrogens is 266 g/mol. The number of rotatable bonds is 7. The number of hydrogen-bond acceptors (Lipinski definition) is 0. The summed E-state index contributed by atoms with van der Waals surface area (Å²) in [5.74, 6) is 1.58. The molecule has 1 heterocycles. The Morgan fingerprint density at radius 2 is 1.82 bits per heavy atom. The van der Waals surface area contributed by atoms with Crippen molar-refractivity contribution in [1.29, 1.82) is 0 Å².